The van der Waals surface area contributed by atoms with Crippen LogP contribution in [0.5, 0.6) is 5.75 Å². The topological polar surface area (TPSA) is 72.9 Å². The number of benzene rings is 2. The van der Waals surface area contributed by atoms with Crippen molar-refractivity contribution in [3.05, 3.63) is 65.7 Å². The van der Waals surface area contributed by atoms with Gasteiger partial charge >= 0.3 is 11.9 Å². The molecule has 1 fully saturated rings. The highest BCUT2D eigenvalue weighted by Crippen LogP contribution is 2.29. The van der Waals surface area contributed by atoms with Gasteiger partial charge in [0, 0.05) is 13.0 Å². The molecule has 0 bridgehead atoms. The van der Waals surface area contributed by atoms with Gasteiger partial charge in [0.25, 0.3) is 0 Å². The molecule has 27 heavy (non-hydrogen) atoms. The summed E-state index contributed by atoms with van der Waals surface area (Å²) in [6, 6.07) is 15.7. The Hall–Kier alpha value is -3.15. The molecule has 2 aromatic carbocycles. The molecule has 1 amide bonds. The molecule has 0 spiro atoms. The van der Waals surface area contributed by atoms with E-state index in [2.05, 4.69) is 4.74 Å². The zero-order chi connectivity index (χ0) is 19.4. The van der Waals surface area contributed by atoms with Crippen LogP contribution < -0.4 is 4.74 Å². The molecule has 140 valence electrons. The molecule has 0 radical (unpaired) electrons. The van der Waals surface area contributed by atoms with Crippen LogP contribution >= 0.6 is 0 Å². The maximum atomic E-state index is 12.4. The van der Waals surface area contributed by atoms with Crippen molar-refractivity contribution in [2.75, 3.05) is 13.7 Å². The molecule has 1 aliphatic heterocycles. The molecule has 1 saturated heterocycles. The number of carbonyl (C=O) groups excluding carboxylic acids is 3. The van der Waals surface area contributed by atoms with Crippen molar-refractivity contribution in [1.82, 2.24) is 4.90 Å². The van der Waals surface area contributed by atoms with Gasteiger partial charge in [0.2, 0.25) is 5.91 Å². The van der Waals surface area contributed by atoms with Crippen LogP contribution in [0.25, 0.3) is 0 Å². The van der Waals surface area contributed by atoms with Crippen LogP contribution in [0.15, 0.2) is 54.6 Å². The molecular weight excluding hydrogens is 346 g/mol. The Kier molecular flexibility index (Phi) is 5.54. The van der Waals surface area contributed by atoms with E-state index in [1.165, 1.54) is 31.4 Å². The summed E-state index contributed by atoms with van der Waals surface area (Å²) >= 11 is 0. The number of methoxy groups -OCH3 is 1. The lowest BCUT2D eigenvalue weighted by atomic mass is 10.1. The number of carbonyl (C=O) groups is 3. The molecule has 2 atom stereocenters. The molecule has 6 nitrogen and oxygen atoms in total. The van der Waals surface area contributed by atoms with Crippen LogP contribution in [0.3, 0.4) is 0 Å². The Labute approximate surface area is 157 Å². The SMILES string of the molecule is COC(=O)c1ccc(OC(=O)[C@@H]2CC(=O)N([C@@H](C)c3ccccc3)C2)cc1. The molecular formula is C21H21NO5. The van der Waals surface area contributed by atoms with Gasteiger partial charge in [-0.3, -0.25) is 9.59 Å². The van der Waals surface area contributed by atoms with Crippen molar-refractivity contribution in [1.29, 1.82) is 0 Å². The maximum absolute atomic E-state index is 12.4. The predicted octanol–water partition coefficient (Wildman–Crippen LogP) is 2.99. The smallest absolute Gasteiger partial charge is 0.337 e. The van der Waals surface area contributed by atoms with Gasteiger partial charge in [-0.15, -0.1) is 0 Å². The second-order valence-corrected chi connectivity index (χ2v) is 6.47. The second kappa shape index (κ2) is 8.03. The Morgan fingerprint density at radius 1 is 1.07 bits per heavy atom. The Bertz CT molecular complexity index is 831. The van der Waals surface area contributed by atoms with Crippen LogP contribution in [-0.2, 0) is 14.3 Å². The number of amides is 1. The molecule has 6 heteroatoms. The van der Waals surface area contributed by atoms with Crippen molar-refractivity contribution in [2.24, 2.45) is 5.92 Å². The van der Waals surface area contributed by atoms with E-state index in [-0.39, 0.29) is 18.4 Å². The number of ether oxygens (including phenoxy) is 2. The lowest BCUT2D eigenvalue weighted by Crippen LogP contribution is -2.30. The van der Waals surface area contributed by atoms with Crippen molar-refractivity contribution in [2.45, 2.75) is 19.4 Å². The van der Waals surface area contributed by atoms with Gasteiger partial charge in [0.15, 0.2) is 0 Å². The van der Waals surface area contributed by atoms with Gasteiger partial charge in [-0.05, 0) is 36.8 Å². The van der Waals surface area contributed by atoms with Crippen LogP contribution in [0.2, 0.25) is 0 Å². The minimum Gasteiger partial charge on any atom is -0.465 e. The van der Waals surface area contributed by atoms with Crippen molar-refractivity contribution in [3.63, 3.8) is 0 Å². The summed E-state index contributed by atoms with van der Waals surface area (Å²) in [5.41, 5.74) is 1.40. The van der Waals surface area contributed by atoms with E-state index in [4.69, 9.17) is 4.74 Å². The summed E-state index contributed by atoms with van der Waals surface area (Å²) in [4.78, 5) is 38.0. The van der Waals surface area contributed by atoms with Gasteiger partial charge < -0.3 is 14.4 Å². The first kappa shape index (κ1) is 18.6. The summed E-state index contributed by atoms with van der Waals surface area (Å²) in [6.07, 6.45) is 0.135. The van der Waals surface area contributed by atoms with E-state index in [0.717, 1.165) is 5.56 Å². The second-order valence-electron chi connectivity index (χ2n) is 6.47. The summed E-state index contributed by atoms with van der Waals surface area (Å²) < 4.78 is 10.0. The Morgan fingerprint density at radius 2 is 1.74 bits per heavy atom. The molecule has 1 aliphatic rings. The van der Waals surface area contributed by atoms with E-state index < -0.39 is 17.9 Å². The van der Waals surface area contributed by atoms with Crippen molar-refractivity contribution in [3.8, 4) is 5.75 Å². The summed E-state index contributed by atoms with van der Waals surface area (Å²) in [6.45, 7) is 2.28. The first-order valence-electron chi connectivity index (χ1n) is 8.74. The molecule has 0 aliphatic carbocycles. The molecule has 1 heterocycles. The van der Waals surface area contributed by atoms with Gasteiger partial charge in [0.1, 0.15) is 5.75 Å². The highest BCUT2D eigenvalue weighted by molar-refractivity contribution is 5.90. The molecule has 0 saturated carbocycles. The maximum Gasteiger partial charge on any atom is 0.337 e. The van der Waals surface area contributed by atoms with Gasteiger partial charge in [-0.2, -0.15) is 0 Å². The van der Waals surface area contributed by atoms with Crippen LogP contribution in [0, 0.1) is 5.92 Å². The van der Waals surface area contributed by atoms with Gasteiger partial charge in [0.05, 0.1) is 24.6 Å². The quantitative estimate of drug-likeness (QED) is 0.600. The van der Waals surface area contributed by atoms with E-state index in [1.54, 1.807) is 4.90 Å². The van der Waals surface area contributed by atoms with E-state index in [9.17, 15) is 14.4 Å². The normalized spacial score (nSPS) is 17.5. The Balaban J connectivity index is 1.63. The zero-order valence-corrected chi connectivity index (χ0v) is 15.3. The lowest BCUT2D eigenvalue weighted by molar-refractivity contribution is -0.139. The number of esters is 2. The predicted molar refractivity (Wildman–Crippen MR) is 98.1 cm³/mol. The molecule has 3 rings (SSSR count). The number of rotatable bonds is 5. The van der Waals surface area contributed by atoms with Crippen LogP contribution in [0.1, 0.15) is 35.3 Å². The molecule has 0 N–H and O–H groups in total. The van der Waals surface area contributed by atoms with Crippen molar-refractivity contribution < 1.29 is 23.9 Å². The highest BCUT2D eigenvalue weighted by atomic mass is 16.5. The van der Waals surface area contributed by atoms with E-state index in [1.807, 2.05) is 37.3 Å². The van der Waals surface area contributed by atoms with Gasteiger partial charge in [-0.1, -0.05) is 30.3 Å². The average Bonchev–Trinajstić information content (AvgIpc) is 3.10. The first-order chi connectivity index (χ1) is 13.0. The number of likely N-dealkylation sites (tertiary alicyclic amines) is 1. The fourth-order valence-electron chi connectivity index (χ4n) is 3.15. The zero-order valence-electron chi connectivity index (χ0n) is 15.3. The standard InChI is InChI=1S/C21H21NO5/c1-14(15-6-4-3-5-7-15)22-13-17(12-19(22)23)21(25)27-18-10-8-16(9-11-18)20(24)26-2/h3-11,14,17H,12-13H2,1-2H3/t14-,17+/m0/s1. The fourth-order valence-corrected chi connectivity index (χ4v) is 3.15. The van der Waals surface area contributed by atoms with E-state index >= 15 is 0 Å². The lowest BCUT2D eigenvalue weighted by Gasteiger charge is -2.25. The third-order valence-corrected chi connectivity index (χ3v) is 4.74. The third kappa shape index (κ3) is 4.16. The van der Waals surface area contributed by atoms with E-state index in [0.29, 0.717) is 17.9 Å². The highest BCUT2D eigenvalue weighted by Gasteiger charge is 2.38. The minimum absolute atomic E-state index is 0.0608. The van der Waals surface area contributed by atoms with Crippen molar-refractivity contribution >= 4 is 17.8 Å². The number of hydrogen-bond donors (Lipinski definition) is 0. The number of hydrogen-bond acceptors (Lipinski definition) is 5. The molecule has 0 aromatic heterocycles. The van der Waals surface area contributed by atoms with Crippen LogP contribution in [-0.4, -0.2) is 36.4 Å². The average molecular weight is 367 g/mol. The third-order valence-electron chi connectivity index (χ3n) is 4.74. The molecule has 2 aromatic rings. The summed E-state index contributed by atoms with van der Waals surface area (Å²) in [5.74, 6) is -1.15. The van der Waals surface area contributed by atoms with Crippen LogP contribution in [0.4, 0.5) is 0 Å². The molecule has 0 unspecified atom stereocenters. The largest absolute Gasteiger partial charge is 0.465 e. The fraction of sp³-hybridized carbons (Fsp3) is 0.286. The summed E-state index contributed by atoms with van der Waals surface area (Å²) in [7, 11) is 1.30. The monoisotopic (exact) mass is 367 g/mol. The Morgan fingerprint density at radius 3 is 2.37 bits per heavy atom. The number of nitrogens with zero attached hydrogens (tertiary/aromatic N) is 1. The summed E-state index contributed by atoms with van der Waals surface area (Å²) in [5, 5.41) is 0. The van der Waals surface area contributed by atoms with Gasteiger partial charge in [-0.25, -0.2) is 4.79 Å². The minimum atomic E-state index is -0.510. The first-order valence-corrected chi connectivity index (χ1v) is 8.74.